The third-order valence-electron chi connectivity index (χ3n) is 12.2. The molecule has 1 N–H and O–H groups in total. The van der Waals surface area contributed by atoms with E-state index in [1.54, 1.807) is 0 Å². The first kappa shape index (κ1) is 46.0. The van der Waals surface area contributed by atoms with Crippen LogP contribution in [0.15, 0.2) is 30.3 Å². The molecule has 0 radical (unpaired) electrons. The summed E-state index contributed by atoms with van der Waals surface area (Å²) in [6.07, 6.45) is 1.60. The van der Waals surface area contributed by atoms with Gasteiger partial charge < -0.3 is 14.0 Å². The molecule has 0 heterocycles. The van der Waals surface area contributed by atoms with Crippen LogP contribution in [0, 0.1) is 22.7 Å². The van der Waals surface area contributed by atoms with Crippen LogP contribution in [-0.4, -0.2) is 76.6 Å². The van der Waals surface area contributed by atoms with E-state index in [1.807, 2.05) is 0 Å². The summed E-state index contributed by atoms with van der Waals surface area (Å²) in [5, 5.41) is 12.6. The summed E-state index contributed by atoms with van der Waals surface area (Å²) in [4.78, 5) is 0. The average molecular weight is 814 g/mol. The largest absolute Gasteiger partial charge is 0.422 e. The predicted molar refractivity (Wildman–Crippen MR) is 242 cm³/mol. The monoisotopic (exact) mass is 812 g/mol. The van der Waals surface area contributed by atoms with Crippen LogP contribution >= 0.6 is 0 Å². The number of rotatable bonds is 13. The molecule has 1 fully saturated rings. The lowest BCUT2D eigenvalue weighted by atomic mass is 9.60. The molecular weight excluding hydrogens is 729 g/mol. The smallest absolute Gasteiger partial charge is 0.158 e. The number of hydrogen-bond acceptors (Lipinski definition) is 3. The highest BCUT2D eigenvalue weighted by Gasteiger charge is 2.68. The summed E-state index contributed by atoms with van der Waals surface area (Å²) in [6, 6.07) is 10.6. The standard InChI is InChI=1S/C38H84O3Si8/c1-37(2,3)36(41-49(45(15,16)17,46(18,19)20)47(21,22)23)33-30-38(4,5)29-32(34(39)31-27-25-24-26-28-31)35(33)40-48(42(6,7)8,43(9,10)11)44(12,13)14/h24-28,32-36,39H,29-30H2,1-23H3/t32-,33+,34-,35-,36-/m0/s1. The first-order valence-electron chi connectivity index (χ1n) is 19.5. The van der Waals surface area contributed by atoms with Gasteiger partial charge in [0.25, 0.3) is 0 Å². The van der Waals surface area contributed by atoms with Crippen molar-refractivity contribution in [2.24, 2.45) is 22.7 Å². The van der Waals surface area contributed by atoms with E-state index >= 15 is 0 Å². The van der Waals surface area contributed by atoms with Gasteiger partial charge in [0, 0.05) is 11.8 Å². The minimum absolute atomic E-state index is 0.0131. The zero-order valence-electron chi connectivity index (χ0n) is 37.0. The molecule has 1 aliphatic carbocycles. The molecule has 0 amide bonds. The molecule has 5 atom stereocenters. The molecule has 1 saturated carbocycles. The molecule has 1 aromatic rings. The van der Waals surface area contributed by atoms with Crippen LogP contribution < -0.4 is 0 Å². The second kappa shape index (κ2) is 14.5. The van der Waals surface area contributed by atoms with Crippen molar-refractivity contribution in [3.05, 3.63) is 35.9 Å². The van der Waals surface area contributed by atoms with E-state index in [4.69, 9.17) is 8.85 Å². The Labute approximate surface area is 313 Å². The van der Waals surface area contributed by atoms with Crippen LogP contribution in [0.1, 0.15) is 59.1 Å². The van der Waals surface area contributed by atoms with E-state index in [2.05, 4.69) is 183 Å². The summed E-state index contributed by atoms with van der Waals surface area (Å²) < 4.78 is 17.0. The van der Waals surface area contributed by atoms with Crippen molar-refractivity contribution in [1.82, 2.24) is 0 Å². The number of aliphatic hydroxyl groups is 1. The van der Waals surface area contributed by atoms with E-state index in [0.29, 0.717) is 0 Å². The molecule has 0 aromatic heterocycles. The average Bonchev–Trinajstić information content (AvgIpc) is 2.82. The number of aliphatic hydroxyl groups excluding tert-OH is 1. The van der Waals surface area contributed by atoms with E-state index in [1.165, 1.54) is 0 Å². The van der Waals surface area contributed by atoms with Crippen molar-refractivity contribution in [2.75, 3.05) is 0 Å². The van der Waals surface area contributed by atoms with Crippen molar-refractivity contribution >= 4 is 59.3 Å². The van der Waals surface area contributed by atoms with Gasteiger partial charge in [0.1, 0.15) is 0 Å². The first-order valence-corrected chi connectivity index (χ1v) is 50.3. The Morgan fingerprint density at radius 1 is 0.592 bits per heavy atom. The van der Waals surface area contributed by atoms with E-state index in [-0.39, 0.29) is 34.9 Å². The van der Waals surface area contributed by atoms with Gasteiger partial charge >= 0.3 is 0 Å². The van der Waals surface area contributed by atoms with Crippen molar-refractivity contribution in [3.63, 3.8) is 0 Å². The molecule has 2 rings (SSSR count). The minimum atomic E-state index is -2.25. The van der Waals surface area contributed by atoms with Gasteiger partial charge in [0.15, 0.2) is 13.7 Å². The van der Waals surface area contributed by atoms with Crippen LogP contribution in [0.5, 0.6) is 0 Å². The second-order valence-corrected chi connectivity index (χ2v) is 103. The Hall–Kier alpha value is 0.835. The van der Waals surface area contributed by atoms with Crippen molar-refractivity contribution in [1.29, 1.82) is 0 Å². The first-order chi connectivity index (χ1) is 21.4. The zero-order chi connectivity index (χ0) is 38.8. The molecule has 3 nitrogen and oxygen atoms in total. The Morgan fingerprint density at radius 2 is 0.939 bits per heavy atom. The summed E-state index contributed by atoms with van der Waals surface area (Å²) in [5.74, 6) is 0.265. The van der Waals surface area contributed by atoms with Gasteiger partial charge in [-0.1, -0.05) is 183 Å². The van der Waals surface area contributed by atoms with Crippen LogP contribution in [0.4, 0.5) is 0 Å². The fourth-order valence-electron chi connectivity index (χ4n) is 12.7. The van der Waals surface area contributed by atoms with Crippen LogP contribution in [0.25, 0.3) is 0 Å². The zero-order valence-corrected chi connectivity index (χ0v) is 45.0. The topological polar surface area (TPSA) is 38.7 Å². The molecule has 0 spiro atoms. The minimum Gasteiger partial charge on any atom is -0.422 e. The SMILES string of the molecule is CC1(C)C[C@@H]([C@@H](O)c2ccccc2)[C@H](O[Si]([Si](C)(C)C)([Si](C)(C)C)[Si](C)(C)C)[C@H]([C@H](O[Si]([Si](C)(C)C)([Si](C)(C)C)[Si](C)(C)C)C(C)(C)C)C1. The molecule has 49 heavy (non-hydrogen) atoms. The quantitative estimate of drug-likeness (QED) is 0.202. The van der Waals surface area contributed by atoms with Gasteiger partial charge in [-0.3, -0.25) is 0 Å². The van der Waals surface area contributed by atoms with E-state index in [0.717, 1.165) is 18.4 Å². The lowest BCUT2D eigenvalue weighted by Crippen LogP contribution is -2.86. The van der Waals surface area contributed by atoms with Gasteiger partial charge in [-0.2, -0.15) is 0 Å². The molecular formula is C38H84O3Si8. The van der Waals surface area contributed by atoms with Crippen LogP contribution in [-0.2, 0) is 8.85 Å². The Kier molecular flexibility index (Phi) is 13.6. The molecule has 1 aromatic carbocycles. The Bertz CT molecular complexity index is 1160. The molecule has 0 unspecified atom stereocenters. The summed E-state index contributed by atoms with van der Waals surface area (Å²) in [7, 11) is -10.5. The maximum Gasteiger partial charge on any atom is 0.158 e. The van der Waals surface area contributed by atoms with Gasteiger partial charge in [0.2, 0.25) is 0 Å². The summed E-state index contributed by atoms with van der Waals surface area (Å²) >= 11 is 0. The lowest BCUT2D eigenvalue weighted by Gasteiger charge is -2.63. The van der Waals surface area contributed by atoms with Crippen LogP contribution in [0.2, 0.25) is 118 Å². The molecule has 286 valence electrons. The maximum atomic E-state index is 12.6. The normalized spacial score (nSPS) is 23.7. The lowest BCUT2D eigenvalue weighted by molar-refractivity contribution is -0.117. The highest BCUT2D eigenvalue weighted by atomic mass is 29.9. The van der Waals surface area contributed by atoms with Crippen molar-refractivity contribution in [3.8, 4) is 0 Å². The van der Waals surface area contributed by atoms with Crippen molar-refractivity contribution < 1.29 is 14.0 Å². The summed E-state index contributed by atoms with van der Waals surface area (Å²) in [6.45, 7) is 55.7. The molecule has 0 aliphatic heterocycles. The fraction of sp³-hybridized carbons (Fsp3) is 0.842. The van der Waals surface area contributed by atoms with Crippen LogP contribution in [0.3, 0.4) is 0 Å². The van der Waals surface area contributed by atoms with Gasteiger partial charge in [-0.25, -0.2) is 0 Å². The predicted octanol–water partition coefficient (Wildman–Crippen LogP) is 12.0. The second-order valence-electron chi connectivity index (χ2n) is 24.1. The van der Waals surface area contributed by atoms with Gasteiger partial charge in [-0.15, -0.1) is 0 Å². The third-order valence-corrected chi connectivity index (χ3v) is 147. The number of benzene rings is 1. The number of hydrogen-bond donors (Lipinski definition) is 1. The molecule has 1 aliphatic rings. The molecule has 0 bridgehead atoms. The van der Waals surface area contributed by atoms with E-state index in [9.17, 15) is 5.11 Å². The highest BCUT2D eigenvalue weighted by Crippen LogP contribution is 2.55. The maximum absolute atomic E-state index is 12.6. The summed E-state index contributed by atoms with van der Waals surface area (Å²) in [5.41, 5.74) is 1.06. The van der Waals surface area contributed by atoms with E-state index < -0.39 is 65.4 Å². The van der Waals surface area contributed by atoms with Crippen molar-refractivity contribution in [2.45, 2.75) is 184 Å². The molecule has 11 heteroatoms. The highest BCUT2D eigenvalue weighted by molar-refractivity contribution is 7.88. The fourth-order valence-corrected chi connectivity index (χ4v) is 201. The van der Waals surface area contributed by atoms with Gasteiger partial charge in [0.05, 0.1) is 63.9 Å². The molecule has 0 saturated heterocycles. The van der Waals surface area contributed by atoms with Gasteiger partial charge in [-0.05, 0) is 29.2 Å². The Morgan fingerprint density at radius 3 is 1.27 bits per heavy atom. The Balaban J connectivity index is 3.15. The third kappa shape index (κ3) is 9.04.